The Morgan fingerprint density at radius 2 is 1.95 bits per heavy atom. The molecule has 2 aromatic rings. The molecule has 3 rings (SSSR count). The lowest BCUT2D eigenvalue weighted by atomic mass is 9.93. The molecule has 1 heterocycles. The zero-order valence-corrected chi connectivity index (χ0v) is 12.9. The van der Waals surface area contributed by atoms with Crippen LogP contribution >= 0.6 is 12.4 Å². The summed E-state index contributed by atoms with van der Waals surface area (Å²) in [5.41, 5.74) is 6.87. The number of hydrogen-bond acceptors (Lipinski definition) is 3. The highest BCUT2D eigenvalue weighted by Gasteiger charge is 2.20. The zero-order chi connectivity index (χ0) is 14.1. The topological polar surface area (TPSA) is 68.1 Å². The first-order valence-corrected chi connectivity index (χ1v) is 7.18. The van der Waals surface area contributed by atoms with Gasteiger partial charge in [0.2, 0.25) is 0 Å². The number of hydrogen-bond donors (Lipinski definition) is 2. The molecule has 0 radical (unpaired) electrons. The van der Waals surface area contributed by atoms with Gasteiger partial charge in [-0.25, -0.2) is 0 Å². The van der Waals surface area contributed by atoms with Crippen molar-refractivity contribution in [2.45, 2.75) is 44.8 Å². The number of aromatic amines is 1. The maximum atomic E-state index is 11.8. The summed E-state index contributed by atoms with van der Waals surface area (Å²) < 4.78 is 6.11. The fraction of sp³-hybridized carbons (Fsp3) is 0.438. The molecule has 0 unspecified atom stereocenters. The van der Waals surface area contributed by atoms with Gasteiger partial charge in [-0.2, -0.15) is 0 Å². The number of benzene rings is 1. The van der Waals surface area contributed by atoms with Crippen molar-refractivity contribution in [1.82, 2.24) is 4.98 Å². The Hall–Kier alpha value is -1.52. The highest BCUT2D eigenvalue weighted by Crippen LogP contribution is 2.28. The molecule has 4 nitrogen and oxygen atoms in total. The van der Waals surface area contributed by atoms with Crippen LogP contribution in [-0.2, 0) is 0 Å². The van der Waals surface area contributed by atoms with Crippen LogP contribution in [0.15, 0.2) is 29.2 Å². The van der Waals surface area contributed by atoms with Crippen LogP contribution in [0.25, 0.3) is 10.8 Å². The van der Waals surface area contributed by atoms with Crippen molar-refractivity contribution < 1.29 is 4.74 Å². The average Bonchev–Trinajstić information content (AvgIpc) is 2.43. The van der Waals surface area contributed by atoms with Crippen LogP contribution in [-0.4, -0.2) is 17.1 Å². The third-order valence-corrected chi connectivity index (χ3v) is 4.08. The Bertz CT molecular complexity index is 676. The molecule has 21 heavy (non-hydrogen) atoms. The Kier molecular flexibility index (Phi) is 4.91. The van der Waals surface area contributed by atoms with E-state index in [0.29, 0.717) is 11.4 Å². The van der Waals surface area contributed by atoms with E-state index >= 15 is 0 Å². The number of aromatic nitrogens is 1. The molecule has 3 N–H and O–H groups in total. The van der Waals surface area contributed by atoms with Crippen molar-refractivity contribution in [2.24, 2.45) is 5.73 Å². The van der Waals surface area contributed by atoms with Gasteiger partial charge in [0, 0.05) is 17.6 Å². The van der Waals surface area contributed by atoms with Gasteiger partial charge in [-0.1, -0.05) is 0 Å². The van der Waals surface area contributed by atoms with E-state index in [9.17, 15) is 4.79 Å². The number of fused-ring (bicyclic) bond motifs is 1. The highest BCUT2D eigenvalue weighted by molar-refractivity contribution is 5.85. The average molecular weight is 309 g/mol. The van der Waals surface area contributed by atoms with Crippen LogP contribution in [0.5, 0.6) is 5.75 Å². The van der Waals surface area contributed by atoms with Gasteiger partial charge >= 0.3 is 0 Å². The van der Waals surface area contributed by atoms with Crippen molar-refractivity contribution in [1.29, 1.82) is 0 Å². The van der Waals surface area contributed by atoms with Crippen molar-refractivity contribution in [3.05, 3.63) is 40.3 Å². The first kappa shape index (κ1) is 15.9. The molecular formula is C16H21ClN2O2. The second kappa shape index (κ2) is 6.50. The number of ether oxygens (including phenoxy) is 1. The lowest BCUT2D eigenvalue weighted by molar-refractivity contribution is 0.146. The summed E-state index contributed by atoms with van der Waals surface area (Å²) in [6.07, 6.45) is 5.98. The summed E-state index contributed by atoms with van der Waals surface area (Å²) in [5.74, 6) is 0.878. The minimum Gasteiger partial charge on any atom is -0.490 e. The lowest BCUT2D eigenvalue weighted by Crippen LogP contribution is -2.31. The van der Waals surface area contributed by atoms with Crippen molar-refractivity contribution >= 4 is 23.2 Å². The van der Waals surface area contributed by atoms with Gasteiger partial charge in [0.25, 0.3) is 5.56 Å². The van der Waals surface area contributed by atoms with Crippen LogP contribution in [0.2, 0.25) is 0 Å². The molecule has 1 fully saturated rings. The third kappa shape index (κ3) is 3.39. The molecule has 1 aliphatic carbocycles. The monoisotopic (exact) mass is 308 g/mol. The largest absolute Gasteiger partial charge is 0.490 e. The standard InChI is InChI=1S/C16H20N2O2.ClH/c1-10-8-14-11(6-7-18-16(14)19)9-15(10)20-13-4-2-12(17)3-5-13;/h6-9,12-13H,2-5,17H2,1H3,(H,18,19);1H/t12-,13-;. The predicted molar refractivity (Wildman–Crippen MR) is 87.4 cm³/mol. The lowest BCUT2D eigenvalue weighted by Gasteiger charge is -2.27. The first-order valence-electron chi connectivity index (χ1n) is 7.18. The Morgan fingerprint density at radius 1 is 1.24 bits per heavy atom. The Labute approximate surface area is 130 Å². The van der Waals surface area contributed by atoms with Gasteiger partial charge in [0.05, 0.1) is 6.10 Å². The Morgan fingerprint density at radius 3 is 2.67 bits per heavy atom. The second-order valence-corrected chi connectivity index (χ2v) is 5.67. The molecule has 1 aliphatic rings. The quantitative estimate of drug-likeness (QED) is 0.896. The zero-order valence-electron chi connectivity index (χ0n) is 12.1. The number of halogens is 1. The van der Waals surface area contributed by atoms with E-state index in [-0.39, 0.29) is 24.1 Å². The summed E-state index contributed by atoms with van der Waals surface area (Å²) in [6.45, 7) is 1.98. The summed E-state index contributed by atoms with van der Waals surface area (Å²) >= 11 is 0. The number of nitrogens with one attached hydrogen (secondary N) is 1. The van der Waals surface area contributed by atoms with Gasteiger partial charge in [0.1, 0.15) is 5.75 Å². The fourth-order valence-electron chi connectivity index (χ4n) is 2.84. The van der Waals surface area contributed by atoms with Crippen LogP contribution in [0.4, 0.5) is 0 Å². The molecule has 1 aromatic heterocycles. The van der Waals surface area contributed by atoms with Gasteiger partial charge in [-0.05, 0) is 61.8 Å². The van der Waals surface area contributed by atoms with Crippen LogP contribution in [0.3, 0.4) is 0 Å². The van der Waals surface area contributed by atoms with Gasteiger partial charge in [0.15, 0.2) is 0 Å². The maximum absolute atomic E-state index is 11.8. The summed E-state index contributed by atoms with van der Waals surface area (Å²) in [5, 5.41) is 1.63. The minimum atomic E-state index is -0.0548. The maximum Gasteiger partial charge on any atom is 0.255 e. The fourth-order valence-corrected chi connectivity index (χ4v) is 2.84. The van der Waals surface area contributed by atoms with E-state index < -0.39 is 0 Å². The van der Waals surface area contributed by atoms with Crippen molar-refractivity contribution in [2.75, 3.05) is 0 Å². The molecule has 0 atom stereocenters. The first-order chi connectivity index (χ1) is 9.63. The van der Waals surface area contributed by atoms with E-state index in [1.165, 1.54) is 0 Å². The highest BCUT2D eigenvalue weighted by atomic mass is 35.5. The Balaban J connectivity index is 0.00000161. The minimum absolute atomic E-state index is 0. The molecule has 0 bridgehead atoms. The second-order valence-electron chi connectivity index (χ2n) is 5.67. The third-order valence-electron chi connectivity index (χ3n) is 4.08. The normalized spacial score (nSPS) is 21.8. The molecule has 1 saturated carbocycles. The van der Waals surface area contributed by atoms with Crippen LogP contribution < -0.4 is 16.0 Å². The number of H-pyrrole nitrogens is 1. The molecule has 0 saturated heterocycles. The van der Waals surface area contributed by atoms with E-state index in [2.05, 4.69) is 4.98 Å². The molecule has 0 amide bonds. The van der Waals surface area contributed by atoms with E-state index in [0.717, 1.165) is 42.4 Å². The molecule has 5 heteroatoms. The summed E-state index contributed by atoms with van der Waals surface area (Å²) in [7, 11) is 0. The summed E-state index contributed by atoms with van der Waals surface area (Å²) in [4.78, 5) is 14.5. The molecular weight excluding hydrogens is 288 g/mol. The smallest absolute Gasteiger partial charge is 0.255 e. The van der Waals surface area contributed by atoms with Gasteiger partial charge in [-0.3, -0.25) is 4.79 Å². The van der Waals surface area contributed by atoms with E-state index in [4.69, 9.17) is 10.5 Å². The van der Waals surface area contributed by atoms with E-state index in [1.807, 2.05) is 25.1 Å². The number of aryl methyl sites for hydroxylation is 1. The molecule has 1 aromatic carbocycles. The van der Waals surface area contributed by atoms with Gasteiger partial charge < -0.3 is 15.5 Å². The predicted octanol–water partition coefficient (Wildman–Crippen LogP) is 2.91. The van der Waals surface area contributed by atoms with Crippen LogP contribution in [0.1, 0.15) is 31.2 Å². The van der Waals surface area contributed by atoms with Crippen molar-refractivity contribution in [3.8, 4) is 5.75 Å². The summed E-state index contributed by atoms with van der Waals surface area (Å²) in [6, 6.07) is 6.10. The number of nitrogens with two attached hydrogens (primary N) is 1. The SMILES string of the molecule is Cc1cc2c(=O)[nH]ccc2cc1O[C@H]1CC[C@H](N)CC1.Cl. The molecule has 0 spiro atoms. The van der Waals surface area contributed by atoms with Gasteiger partial charge in [-0.15, -0.1) is 12.4 Å². The van der Waals surface area contributed by atoms with E-state index in [1.54, 1.807) is 6.20 Å². The number of rotatable bonds is 2. The molecule has 0 aliphatic heterocycles. The molecule has 114 valence electrons. The van der Waals surface area contributed by atoms with Crippen LogP contribution in [0, 0.1) is 6.92 Å². The number of pyridine rings is 1. The van der Waals surface area contributed by atoms with Crippen molar-refractivity contribution in [3.63, 3.8) is 0 Å².